The van der Waals surface area contributed by atoms with Crippen LogP contribution in [0.3, 0.4) is 0 Å². The lowest BCUT2D eigenvalue weighted by Crippen LogP contribution is -2.35. The second-order valence-electron chi connectivity index (χ2n) is 6.49. The van der Waals surface area contributed by atoms with E-state index in [1.54, 1.807) is 19.3 Å². The molecule has 0 radical (unpaired) electrons. The van der Waals surface area contributed by atoms with Gasteiger partial charge in [-0.2, -0.15) is 0 Å². The third-order valence-corrected chi connectivity index (χ3v) is 5.78. The van der Waals surface area contributed by atoms with Crippen molar-refractivity contribution < 1.29 is 0 Å². The van der Waals surface area contributed by atoms with E-state index in [0.717, 1.165) is 29.7 Å². The molecule has 2 bridgehead atoms. The summed E-state index contributed by atoms with van der Waals surface area (Å²) in [5.74, 6) is 6.85. The molecule has 0 spiro atoms. The maximum absolute atomic E-state index is 3.80. The van der Waals surface area contributed by atoms with Gasteiger partial charge in [0.1, 0.15) is 0 Å². The van der Waals surface area contributed by atoms with Crippen molar-refractivity contribution in [3.8, 4) is 0 Å². The molecule has 84 valence electrons. The summed E-state index contributed by atoms with van der Waals surface area (Å²) < 4.78 is 0. The summed E-state index contributed by atoms with van der Waals surface area (Å²) in [6, 6.07) is 0.924. The van der Waals surface area contributed by atoms with Crippen molar-refractivity contribution in [1.82, 2.24) is 5.32 Å². The number of hydrogen-bond donors (Lipinski definition) is 1. The Morgan fingerprint density at radius 2 is 1.73 bits per heavy atom. The Bertz CT molecular complexity index is 255. The Morgan fingerprint density at radius 1 is 1.07 bits per heavy atom. The second kappa shape index (κ2) is 3.00. The number of hydrogen-bond acceptors (Lipinski definition) is 1. The lowest BCUT2D eigenvalue weighted by Gasteiger charge is -2.20. The zero-order valence-corrected chi connectivity index (χ0v) is 9.78. The molecule has 1 N–H and O–H groups in total. The van der Waals surface area contributed by atoms with Gasteiger partial charge < -0.3 is 5.32 Å². The second-order valence-corrected chi connectivity index (χ2v) is 6.49. The highest BCUT2D eigenvalue weighted by atomic mass is 15.0. The van der Waals surface area contributed by atoms with Gasteiger partial charge in [0.05, 0.1) is 0 Å². The molecule has 5 atom stereocenters. The first kappa shape index (κ1) is 9.04. The molecule has 4 rings (SSSR count). The van der Waals surface area contributed by atoms with Gasteiger partial charge in [-0.1, -0.05) is 6.92 Å². The normalized spacial score (nSPS) is 53.0. The van der Waals surface area contributed by atoms with E-state index in [2.05, 4.69) is 12.2 Å². The van der Waals surface area contributed by atoms with Crippen LogP contribution in [0, 0.1) is 35.5 Å². The molecule has 4 saturated carbocycles. The highest BCUT2D eigenvalue weighted by Gasteiger charge is 2.67. The Balaban J connectivity index is 1.50. The number of rotatable bonds is 4. The van der Waals surface area contributed by atoms with E-state index in [1.807, 2.05) is 0 Å². The highest BCUT2D eigenvalue weighted by molar-refractivity contribution is 5.17. The first-order chi connectivity index (χ1) is 7.40. The summed E-state index contributed by atoms with van der Waals surface area (Å²) in [6.07, 6.45) is 7.79. The fraction of sp³-hybridized carbons (Fsp3) is 1.00. The van der Waals surface area contributed by atoms with Gasteiger partial charge >= 0.3 is 0 Å². The molecule has 4 fully saturated rings. The fourth-order valence-electron chi connectivity index (χ4n) is 5.18. The summed E-state index contributed by atoms with van der Waals surface area (Å²) in [5, 5.41) is 3.80. The smallest absolute Gasteiger partial charge is 0.0129 e. The van der Waals surface area contributed by atoms with Gasteiger partial charge in [0.2, 0.25) is 0 Å². The monoisotopic (exact) mass is 205 g/mol. The van der Waals surface area contributed by atoms with Crippen LogP contribution in [0.2, 0.25) is 0 Å². The summed E-state index contributed by atoms with van der Waals surface area (Å²) >= 11 is 0. The molecule has 1 heteroatoms. The quantitative estimate of drug-likeness (QED) is 0.744. The van der Waals surface area contributed by atoms with Crippen LogP contribution in [-0.2, 0) is 0 Å². The third-order valence-electron chi connectivity index (χ3n) is 5.78. The summed E-state index contributed by atoms with van der Waals surface area (Å²) in [4.78, 5) is 0. The molecule has 4 aliphatic carbocycles. The molecule has 15 heavy (non-hydrogen) atoms. The first-order valence-corrected chi connectivity index (χ1v) is 7.13. The number of fused-ring (bicyclic) bond motifs is 5. The molecule has 0 aliphatic heterocycles. The van der Waals surface area contributed by atoms with Crippen LogP contribution in [0.1, 0.15) is 39.0 Å². The average molecular weight is 205 g/mol. The topological polar surface area (TPSA) is 12.0 Å². The minimum atomic E-state index is 0.924. The summed E-state index contributed by atoms with van der Waals surface area (Å²) in [6.45, 7) is 3.47. The maximum Gasteiger partial charge on any atom is 0.0129 e. The van der Waals surface area contributed by atoms with Gasteiger partial charge in [0.15, 0.2) is 0 Å². The largest absolute Gasteiger partial charge is 0.314 e. The lowest BCUT2D eigenvalue weighted by molar-refractivity contribution is 0.341. The van der Waals surface area contributed by atoms with Crippen LogP contribution in [-0.4, -0.2) is 12.6 Å². The molecule has 0 saturated heterocycles. The molecule has 0 heterocycles. The Hall–Kier alpha value is -0.0400. The predicted molar refractivity (Wildman–Crippen MR) is 61.5 cm³/mol. The molecular formula is C14H23N. The maximum atomic E-state index is 3.80. The molecule has 5 unspecified atom stereocenters. The fourth-order valence-corrected chi connectivity index (χ4v) is 5.18. The summed E-state index contributed by atoms with van der Waals surface area (Å²) in [7, 11) is 0. The highest BCUT2D eigenvalue weighted by Crippen LogP contribution is 2.71. The van der Waals surface area contributed by atoms with Crippen molar-refractivity contribution in [2.75, 3.05) is 6.54 Å². The Kier molecular flexibility index (Phi) is 1.81. The minimum Gasteiger partial charge on any atom is -0.314 e. The standard InChI is InChI=1S/C14H23N/c1-2-15-14(8-3-4-8)13-11-9-5-6-10(7-9)12(11)13/h8-15H,2-7H2,1H3. The molecule has 0 amide bonds. The van der Waals surface area contributed by atoms with Gasteiger partial charge in [-0.3, -0.25) is 0 Å². The van der Waals surface area contributed by atoms with E-state index in [0.29, 0.717) is 0 Å². The van der Waals surface area contributed by atoms with Crippen molar-refractivity contribution in [3.05, 3.63) is 0 Å². The van der Waals surface area contributed by atoms with Crippen LogP contribution in [0.5, 0.6) is 0 Å². The van der Waals surface area contributed by atoms with Gasteiger partial charge in [-0.15, -0.1) is 0 Å². The summed E-state index contributed by atoms with van der Waals surface area (Å²) in [5.41, 5.74) is 0. The Labute approximate surface area is 93.0 Å². The van der Waals surface area contributed by atoms with Crippen LogP contribution < -0.4 is 5.32 Å². The van der Waals surface area contributed by atoms with Crippen molar-refractivity contribution in [2.24, 2.45) is 35.5 Å². The van der Waals surface area contributed by atoms with E-state index >= 15 is 0 Å². The van der Waals surface area contributed by atoms with Crippen molar-refractivity contribution in [3.63, 3.8) is 0 Å². The van der Waals surface area contributed by atoms with Gasteiger partial charge in [0, 0.05) is 6.04 Å². The molecular weight excluding hydrogens is 182 g/mol. The van der Waals surface area contributed by atoms with Crippen molar-refractivity contribution in [1.29, 1.82) is 0 Å². The van der Waals surface area contributed by atoms with E-state index < -0.39 is 0 Å². The molecule has 1 nitrogen and oxygen atoms in total. The van der Waals surface area contributed by atoms with E-state index in [1.165, 1.54) is 31.2 Å². The zero-order valence-electron chi connectivity index (χ0n) is 9.78. The van der Waals surface area contributed by atoms with Crippen LogP contribution in [0.25, 0.3) is 0 Å². The first-order valence-electron chi connectivity index (χ1n) is 7.13. The van der Waals surface area contributed by atoms with E-state index in [9.17, 15) is 0 Å². The van der Waals surface area contributed by atoms with Crippen molar-refractivity contribution in [2.45, 2.75) is 45.1 Å². The number of nitrogens with one attached hydrogen (secondary N) is 1. The van der Waals surface area contributed by atoms with Gasteiger partial charge in [-0.25, -0.2) is 0 Å². The van der Waals surface area contributed by atoms with E-state index in [-0.39, 0.29) is 0 Å². The Morgan fingerprint density at radius 3 is 2.27 bits per heavy atom. The van der Waals surface area contributed by atoms with Gasteiger partial charge in [-0.05, 0) is 74.2 Å². The minimum absolute atomic E-state index is 0.924. The molecule has 4 aliphatic rings. The SMILES string of the molecule is CCNC(C1CC1)C1C2C3CCC(C3)C21. The third kappa shape index (κ3) is 1.19. The van der Waals surface area contributed by atoms with Crippen molar-refractivity contribution >= 4 is 0 Å². The molecule has 0 aromatic heterocycles. The van der Waals surface area contributed by atoms with E-state index in [4.69, 9.17) is 0 Å². The lowest BCUT2D eigenvalue weighted by atomic mass is 9.95. The zero-order chi connectivity index (χ0) is 9.99. The van der Waals surface area contributed by atoms with Gasteiger partial charge in [0.25, 0.3) is 0 Å². The van der Waals surface area contributed by atoms with Crippen LogP contribution in [0.4, 0.5) is 0 Å². The predicted octanol–water partition coefficient (Wildman–Crippen LogP) is 2.67. The molecule has 0 aromatic rings. The molecule has 0 aromatic carbocycles. The average Bonchev–Trinajstić information content (AvgIpc) is 3.15. The van der Waals surface area contributed by atoms with Crippen LogP contribution >= 0.6 is 0 Å². The van der Waals surface area contributed by atoms with Crippen LogP contribution in [0.15, 0.2) is 0 Å².